The van der Waals surface area contributed by atoms with Crippen LogP contribution in [0.2, 0.25) is 5.02 Å². The summed E-state index contributed by atoms with van der Waals surface area (Å²) in [5.74, 6) is 0.630. The molecule has 0 spiro atoms. The molecule has 3 rings (SSSR count). The molecule has 20 heavy (non-hydrogen) atoms. The summed E-state index contributed by atoms with van der Waals surface area (Å²) in [7, 11) is 1.73. The Morgan fingerprint density at radius 3 is 3.05 bits per heavy atom. The Kier molecular flexibility index (Phi) is 3.74. The summed E-state index contributed by atoms with van der Waals surface area (Å²) in [4.78, 5) is 19.2. The number of halogens is 1. The molecule has 1 saturated carbocycles. The highest BCUT2D eigenvalue weighted by Crippen LogP contribution is 2.22. The molecule has 0 atom stereocenters. The molecule has 1 aromatic heterocycles. The number of ether oxygens (including phenoxy) is 1. The second-order valence-corrected chi connectivity index (χ2v) is 5.52. The zero-order chi connectivity index (χ0) is 14.1. The van der Waals surface area contributed by atoms with Crippen LogP contribution in [0.3, 0.4) is 0 Å². The lowest BCUT2D eigenvalue weighted by Gasteiger charge is -2.34. The van der Waals surface area contributed by atoms with Crippen molar-refractivity contribution in [2.75, 3.05) is 7.11 Å². The molecule has 0 unspecified atom stereocenters. The van der Waals surface area contributed by atoms with E-state index in [0.717, 1.165) is 12.8 Å². The SMILES string of the molecule is COC1CC(NCc2nc3cc(Cl)ccc3c(=O)[nH]2)C1. The van der Waals surface area contributed by atoms with Gasteiger partial charge in [-0.2, -0.15) is 0 Å². The maximum absolute atomic E-state index is 12.0. The van der Waals surface area contributed by atoms with Crippen molar-refractivity contribution in [3.63, 3.8) is 0 Å². The standard InChI is InChI=1S/C14H16ClN3O2/c1-20-10-5-9(6-10)16-7-13-17-12-4-8(15)2-3-11(12)14(19)18-13/h2-4,9-10,16H,5-7H2,1H3,(H,17,18,19). The van der Waals surface area contributed by atoms with Crippen LogP contribution >= 0.6 is 11.6 Å². The van der Waals surface area contributed by atoms with Gasteiger partial charge in [-0.25, -0.2) is 4.98 Å². The first kappa shape index (κ1) is 13.5. The zero-order valence-electron chi connectivity index (χ0n) is 11.1. The molecule has 0 aliphatic heterocycles. The maximum atomic E-state index is 12.0. The van der Waals surface area contributed by atoms with Gasteiger partial charge in [0.2, 0.25) is 0 Å². The Bertz CT molecular complexity index is 680. The van der Waals surface area contributed by atoms with Crippen LogP contribution in [0.1, 0.15) is 18.7 Å². The molecule has 106 valence electrons. The molecule has 0 saturated heterocycles. The fourth-order valence-electron chi connectivity index (χ4n) is 2.41. The average molecular weight is 294 g/mol. The minimum absolute atomic E-state index is 0.133. The van der Waals surface area contributed by atoms with Crippen LogP contribution in [0.25, 0.3) is 10.9 Å². The van der Waals surface area contributed by atoms with Crippen LogP contribution in [0.5, 0.6) is 0 Å². The van der Waals surface area contributed by atoms with E-state index in [-0.39, 0.29) is 5.56 Å². The molecule has 2 N–H and O–H groups in total. The number of aromatic amines is 1. The quantitative estimate of drug-likeness (QED) is 0.903. The van der Waals surface area contributed by atoms with Crippen molar-refractivity contribution in [1.82, 2.24) is 15.3 Å². The minimum Gasteiger partial charge on any atom is -0.381 e. The van der Waals surface area contributed by atoms with Gasteiger partial charge in [-0.3, -0.25) is 4.79 Å². The molecule has 1 aliphatic carbocycles. The molecule has 2 aromatic rings. The van der Waals surface area contributed by atoms with Crippen molar-refractivity contribution in [3.05, 3.63) is 39.4 Å². The van der Waals surface area contributed by atoms with Crippen LogP contribution in [-0.2, 0) is 11.3 Å². The fourth-order valence-corrected chi connectivity index (χ4v) is 2.58. The van der Waals surface area contributed by atoms with E-state index in [0.29, 0.717) is 40.4 Å². The molecular weight excluding hydrogens is 278 g/mol. The number of benzene rings is 1. The van der Waals surface area contributed by atoms with Crippen molar-refractivity contribution in [1.29, 1.82) is 0 Å². The predicted molar refractivity (Wildman–Crippen MR) is 78.0 cm³/mol. The lowest BCUT2D eigenvalue weighted by Crippen LogP contribution is -2.44. The number of nitrogens with one attached hydrogen (secondary N) is 2. The molecule has 1 heterocycles. The zero-order valence-corrected chi connectivity index (χ0v) is 11.9. The summed E-state index contributed by atoms with van der Waals surface area (Å²) in [6.45, 7) is 0.540. The fraction of sp³-hybridized carbons (Fsp3) is 0.429. The van der Waals surface area contributed by atoms with Gasteiger partial charge in [0, 0.05) is 18.2 Å². The minimum atomic E-state index is -0.133. The van der Waals surface area contributed by atoms with E-state index in [2.05, 4.69) is 15.3 Å². The molecule has 0 radical (unpaired) electrons. The first-order valence-electron chi connectivity index (χ1n) is 6.60. The maximum Gasteiger partial charge on any atom is 0.258 e. The summed E-state index contributed by atoms with van der Waals surface area (Å²) >= 11 is 5.93. The number of rotatable bonds is 4. The van der Waals surface area contributed by atoms with Gasteiger partial charge in [0.15, 0.2) is 0 Å². The molecule has 5 nitrogen and oxygen atoms in total. The van der Waals surface area contributed by atoms with Gasteiger partial charge in [-0.1, -0.05) is 11.6 Å². The van der Waals surface area contributed by atoms with Crippen molar-refractivity contribution in [2.45, 2.75) is 31.5 Å². The lowest BCUT2D eigenvalue weighted by molar-refractivity contribution is 0.0168. The summed E-state index contributed by atoms with van der Waals surface area (Å²) in [6.07, 6.45) is 2.36. The van der Waals surface area contributed by atoms with Crippen LogP contribution in [0.15, 0.2) is 23.0 Å². The van der Waals surface area contributed by atoms with Gasteiger partial charge in [-0.15, -0.1) is 0 Å². The van der Waals surface area contributed by atoms with Crippen LogP contribution in [0.4, 0.5) is 0 Å². The van der Waals surface area contributed by atoms with Crippen molar-refractivity contribution in [2.24, 2.45) is 0 Å². The van der Waals surface area contributed by atoms with Crippen LogP contribution in [-0.4, -0.2) is 29.2 Å². The van der Waals surface area contributed by atoms with Crippen molar-refractivity contribution < 1.29 is 4.74 Å². The number of fused-ring (bicyclic) bond motifs is 1. The van der Waals surface area contributed by atoms with E-state index >= 15 is 0 Å². The largest absolute Gasteiger partial charge is 0.381 e. The number of aromatic nitrogens is 2. The molecule has 1 fully saturated rings. The molecule has 6 heteroatoms. The highest BCUT2D eigenvalue weighted by molar-refractivity contribution is 6.31. The number of H-pyrrole nitrogens is 1. The number of hydrogen-bond donors (Lipinski definition) is 2. The highest BCUT2D eigenvalue weighted by Gasteiger charge is 2.28. The Labute approximate surface area is 121 Å². The molecule has 0 bridgehead atoms. The summed E-state index contributed by atoms with van der Waals surface area (Å²) in [6, 6.07) is 5.52. The van der Waals surface area contributed by atoms with E-state index in [1.807, 2.05) is 0 Å². The monoisotopic (exact) mass is 293 g/mol. The summed E-state index contributed by atoms with van der Waals surface area (Å²) < 4.78 is 5.23. The molecular formula is C14H16ClN3O2. The van der Waals surface area contributed by atoms with Crippen molar-refractivity contribution in [3.8, 4) is 0 Å². The third-order valence-electron chi connectivity index (χ3n) is 3.70. The first-order valence-corrected chi connectivity index (χ1v) is 6.98. The average Bonchev–Trinajstić information content (AvgIpc) is 2.36. The van der Waals surface area contributed by atoms with E-state index in [4.69, 9.17) is 16.3 Å². The molecule has 0 amide bonds. The van der Waals surface area contributed by atoms with E-state index in [9.17, 15) is 4.79 Å². The lowest BCUT2D eigenvalue weighted by atomic mass is 9.89. The second-order valence-electron chi connectivity index (χ2n) is 5.08. The van der Waals surface area contributed by atoms with E-state index in [1.165, 1.54) is 0 Å². The van der Waals surface area contributed by atoms with E-state index in [1.54, 1.807) is 25.3 Å². The number of hydrogen-bond acceptors (Lipinski definition) is 4. The van der Waals surface area contributed by atoms with Crippen molar-refractivity contribution >= 4 is 22.5 Å². The smallest absolute Gasteiger partial charge is 0.258 e. The van der Waals surface area contributed by atoms with Gasteiger partial charge in [0.1, 0.15) is 5.82 Å². The third-order valence-corrected chi connectivity index (χ3v) is 3.94. The normalized spacial score (nSPS) is 21.9. The van der Waals surface area contributed by atoms with Gasteiger partial charge < -0.3 is 15.0 Å². The second kappa shape index (κ2) is 5.52. The van der Waals surface area contributed by atoms with Gasteiger partial charge in [0.05, 0.1) is 23.6 Å². The third kappa shape index (κ3) is 2.70. The number of nitrogens with zero attached hydrogens (tertiary/aromatic N) is 1. The van der Waals surface area contributed by atoms with Crippen LogP contribution < -0.4 is 10.9 Å². The predicted octanol–water partition coefficient (Wildman–Crippen LogP) is 1.84. The summed E-state index contributed by atoms with van der Waals surface area (Å²) in [5.41, 5.74) is 0.494. The first-order chi connectivity index (χ1) is 9.65. The number of methoxy groups -OCH3 is 1. The Balaban J connectivity index is 1.74. The Hall–Kier alpha value is -1.43. The van der Waals surface area contributed by atoms with Gasteiger partial charge in [-0.05, 0) is 31.0 Å². The molecule has 1 aliphatic rings. The summed E-state index contributed by atoms with van der Waals surface area (Å²) in [5, 5.41) is 4.50. The van der Waals surface area contributed by atoms with Gasteiger partial charge in [0.25, 0.3) is 5.56 Å². The molecule has 1 aromatic carbocycles. The van der Waals surface area contributed by atoms with E-state index < -0.39 is 0 Å². The highest BCUT2D eigenvalue weighted by atomic mass is 35.5. The van der Waals surface area contributed by atoms with Crippen LogP contribution in [0, 0.1) is 0 Å². The van der Waals surface area contributed by atoms with Gasteiger partial charge >= 0.3 is 0 Å². The topological polar surface area (TPSA) is 67.0 Å². The Morgan fingerprint density at radius 1 is 1.50 bits per heavy atom. The Morgan fingerprint density at radius 2 is 2.30 bits per heavy atom.